The first-order valence-corrected chi connectivity index (χ1v) is 9.94. The highest BCUT2D eigenvalue weighted by molar-refractivity contribution is 5.96. The minimum atomic E-state index is 0.462. The molecule has 2 aromatic carbocycles. The molecule has 0 spiro atoms. The molecule has 1 N–H and O–H groups in total. The molecule has 0 bridgehead atoms. The monoisotopic (exact) mass is 360 g/mol. The molecule has 2 atom stereocenters. The third-order valence-corrected chi connectivity index (χ3v) is 6.86. The van der Waals surface area contributed by atoms with Crippen LogP contribution < -0.4 is 9.47 Å². The van der Waals surface area contributed by atoms with Gasteiger partial charge in [-0.05, 0) is 54.6 Å². The average Bonchev–Trinajstić information content (AvgIpc) is 3.11. The van der Waals surface area contributed by atoms with Crippen molar-refractivity contribution >= 4 is 10.9 Å². The lowest BCUT2D eigenvalue weighted by Crippen LogP contribution is -2.44. The van der Waals surface area contributed by atoms with Gasteiger partial charge in [0.25, 0.3) is 0 Å². The van der Waals surface area contributed by atoms with E-state index < -0.39 is 0 Å². The van der Waals surface area contributed by atoms with Crippen molar-refractivity contribution in [2.75, 3.05) is 27.3 Å². The summed E-state index contributed by atoms with van der Waals surface area (Å²) in [5, 5.41) is 1.36. The van der Waals surface area contributed by atoms with E-state index in [1.807, 2.05) is 0 Å². The van der Waals surface area contributed by atoms with Crippen molar-refractivity contribution in [3.05, 3.63) is 47.0 Å². The predicted molar refractivity (Wildman–Crippen MR) is 107 cm³/mol. The topological polar surface area (TPSA) is 37.5 Å². The molecule has 4 nitrogen and oxygen atoms in total. The van der Waals surface area contributed by atoms with E-state index >= 15 is 0 Å². The normalized spacial score (nSPS) is 23.0. The summed E-state index contributed by atoms with van der Waals surface area (Å²) < 4.78 is 11.7. The highest BCUT2D eigenvalue weighted by Gasteiger charge is 2.45. The van der Waals surface area contributed by atoms with Crippen LogP contribution in [-0.2, 0) is 6.42 Å². The number of fused-ring (bicyclic) bond motifs is 5. The van der Waals surface area contributed by atoms with E-state index in [1.54, 1.807) is 14.2 Å². The van der Waals surface area contributed by atoms with Crippen molar-refractivity contribution in [2.24, 2.45) is 0 Å². The van der Waals surface area contributed by atoms with E-state index in [0.717, 1.165) is 24.5 Å². The molecular formula is C23H24N2O2. The smallest absolute Gasteiger partial charge is 0.170 e. The molecule has 2 aliphatic heterocycles. The largest absolute Gasteiger partial charge is 0.493 e. The molecule has 6 rings (SSSR count). The highest BCUT2D eigenvalue weighted by atomic mass is 16.5. The molecule has 138 valence electrons. The standard InChI is InChI=1S/C23H24N2O2/c1-26-17-12-13-9-11-25-10-5-7-15-19-14-6-3-4-8-16(14)24-21(19)20(23(17)27-2)18(13)22(15)25/h3-4,6,8,12,15,22,24H,5,7,9-11H2,1-2H3/t15-,22+/m1/s1. The van der Waals surface area contributed by atoms with E-state index in [9.17, 15) is 0 Å². The second kappa shape index (κ2) is 5.52. The summed E-state index contributed by atoms with van der Waals surface area (Å²) in [6.07, 6.45) is 3.61. The van der Waals surface area contributed by atoms with Gasteiger partial charge in [-0.1, -0.05) is 18.2 Å². The van der Waals surface area contributed by atoms with E-state index in [0.29, 0.717) is 12.0 Å². The molecule has 1 saturated heterocycles. The van der Waals surface area contributed by atoms with Crippen LogP contribution in [0, 0.1) is 0 Å². The van der Waals surface area contributed by atoms with Gasteiger partial charge in [-0.25, -0.2) is 0 Å². The molecule has 3 aliphatic rings. The van der Waals surface area contributed by atoms with E-state index in [4.69, 9.17) is 9.47 Å². The van der Waals surface area contributed by atoms with Crippen molar-refractivity contribution in [1.29, 1.82) is 0 Å². The van der Waals surface area contributed by atoms with Crippen molar-refractivity contribution < 1.29 is 9.47 Å². The Morgan fingerprint density at radius 3 is 2.81 bits per heavy atom. The number of benzene rings is 2. The van der Waals surface area contributed by atoms with Crippen LogP contribution in [-0.4, -0.2) is 37.2 Å². The van der Waals surface area contributed by atoms with E-state index in [1.165, 1.54) is 58.2 Å². The Hall–Kier alpha value is -2.46. The Balaban J connectivity index is 1.77. The van der Waals surface area contributed by atoms with Gasteiger partial charge < -0.3 is 14.5 Å². The molecule has 3 heterocycles. The summed E-state index contributed by atoms with van der Waals surface area (Å²) in [4.78, 5) is 6.45. The van der Waals surface area contributed by atoms with E-state index in [2.05, 4.69) is 40.2 Å². The van der Waals surface area contributed by atoms with E-state index in [-0.39, 0.29) is 0 Å². The molecule has 0 unspecified atom stereocenters. The van der Waals surface area contributed by atoms with Gasteiger partial charge >= 0.3 is 0 Å². The van der Waals surface area contributed by atoms with Gasteiger partial charge in [0.05, 0.1) is 19.9 Å². The van der Waals surface area contributed by atoms with Crippen LogP contribution in [0.25, 0.3) is 22.2 Å². The second-order valence-corrected chi connectivity index (χ2v) is 8.00. The fourth-order valence-electron chi connectivity index (χ4n) is 5.87. The number of para-hydroxylation sites is 1. The average molecular weight is 360 g/mol. The van der Waals surface area contributed by atoms with Crippen molar-refractivity contribution in [1.82, 2.24) is 9.88 Å². The van der Waals surface area contributed by atoms with Crippen molar-refractivity contribution in [3.63, 3.8) is 0 Å². The molecule has 1 fully saturated rings. The molecule has 1 aliphatic carbocycles. The van der Waals surface area contributed by atoms with Crippen LogP contribution in [0.4, 0.5) is 0 Å². The number of rotatable bonds is 2. The SMILES string of the molecule is COc1cc2c3c(c1OC)-c1[nH]c4ccccc4c1[C@H]1CCCN(CC2)[C@H]31. The third-order valence-electron chi connectivity index (χ3n) is 6.86. The first-order valence-electron chi connectivity index (χ1n) is 9.94. The molecule has 3 aromatic rings. The summed E-state index contributed by atoms with van der Waals surface area (Å²) in [5.41, 5.74) is 8.07. The lowest BCUT2D eigenvalue weighted by Gasteiger charge is -2.48. The summed E-state index contributed by atoms with van der Waals surface area (Å²) in [7, 11) is 3.50. The minimum Gasteiger partial charge on any atom is -0.493 e. The quantitative estimate of drug-likeness (QED) is 0.723. The Morgan fingerprint density at radius 1 is 1.07 bits per heavy atom. The van der Waals surface area contributed by atoms with Crippen LogP contribution >= 0.6 is 0 Å². The van der Waals surface area contributed by atoms with Crippen LogP contribution in [0.3, 0.4) is 0 Å². The van der Waals surface area contributed by atoms with Crippen LogP contribution in [0.15, 0.2) is 30.3 Å². The number of hydrogen-bond acceptors (Lipinski definition) is 3. The van der Waals surface area contributed by atoms with Gasteiger partial charge in [0, 0.05) is 35.0 Å². The number of nitrogens with one attached hydrogen (secondary N) is 1. The molecule has 27 heavy (non-hydrogen) atoms. The Bertz CT molecular complexity index is 1070. The maximum atomic E-state index is 5.92. The summed E-state index contributed by atoms with van der Waals surface area (Å²) >= 11 is 0. The lowest BCUT2D eigenvalue weighted by atomic mass is 9.69. The number of nitrogens with zero attached hydrogens (tertiary/aromatic N) is 1. The summed E-state index contributed by atoms with van der Waals surface area (Å²) in [5.74, 6) is 2.27. The molecule has 0 saturated carbocycles. The number of aromatic amines is 1. The Kier molecular flexibility index (Phi) is 3.19. The van der Waals surface area contributed by atoms with Crippen molar-refractivity contribution in [3.8, 4) is 22.8 Å². The number of piperidine rings is 1. The predicted octanol–water partition coefficient (Wildman–Crippen LogP) is 4.64. The van der Waals surface area contributed by atoms with Gasteiger partial charge in [0.1, 0.15) is 0 Å². The molecule has 0 amide bonds. The van der Waals surface area contributed by atoms with Crippen LogP contribution in [0.5, 0.6) is 11.5 Å². The molecule has 0 radical (unpaired) electrons. The van der Waals surface area contributed by atoms with Crippen molar-refractivity contribution in [2.45, 2.75) is 31.2 Å². The zero-order valence-corrected chi connectivity index (χ0v) is 15.8. The first kappa shape index (κ1) is 15.6. The van der Waals surface area contributed by atoms with Gasteiger partial charge in [0.2, 0.25) is 0 Å². The maximum Gasteiger partial charge on any atom is 0.170 e. The number of aromatic nitrogens is 1. The highest BCUT2D eigenvalue weighted by Crippen LogP contribution is 2.59. The second-order valence-electron chi connectivity index (χ2n) is 8.00. The van der Waals surface area contributed by atoms with Gasteiger partial charge in [-0.3, -0.25) is 4.90 Å². The lowest BCUT2D eigenvalue weighted by molar-refractivity contribution is 0.115. The summed E-state index contributed by atoms with van der Waals surface area (Å²) in [6, 6.07) is 11.4. The van der Waals surface area contributed by atoms with Crippen LogP contribution in [0.1, 0.15) is 41.5 Å². The zero-order chi connectivity index (χ0) is 18.1. The number of ether oxygens (including phenoxy) is 2. The molecule has 4 heteroatoms. The Labute approximate surface area is 159 Å². The molecular weight excluding hydrogens is 336 g/mol. The molecule has 1 aromatic heterocycles. The number of methoxy groups -OCH3 is 2. The Morgan fingerprint density at radius 2 is 1.96 bits per heavy atom. The fraction of sp³-hybridized carbons (Fsp3) is 0.391. The number of hydrogen-bond donors (Lipinski definition) is 1. The first-order chi connectivity index (χ1) is 13.3. The van der Waals surface area contributed by atoms with Gasteiger partial charge in [-0.15, -0.1) is 0 Å². The van der Waals surface area contributed by atoms with Gasteiger partial charge in [-0.2, -0.15) is 0 Å². The maximum absolute atomic E-state index is 5.92. The van der Waals surface area contributed by atoms with Crippen LogP contribution in [0.2, 0.25) is 0 Å². The minimum absolute atomic E-state index is 0.462. The number of H-pyrrole nitrogens is 1. The zero-order valence-electron chi connectivity index (χ0n) is 15.8. The third kappa shape index (κ3) is 1.91. The fourth-order valence-corrected chi connectivity index (χ4v) is 5.87. The van der Waals surface area contributed by atoms with Gasteiger partial charge in [0.15, 0.2) is 11.5 Å². The summed E-state index contributed by atoms with van der Waals surface area (Å²) in [6.45, 7) is 2.34.